The molecule has 0 radical (unpaired) electrons. The largest absolute Gasteiger partial charge is 0.494 e. The van der Waals surface area contributed by atoms with Gasteiger partial charge in [-0.05, 0) is 75.2 Å². The van der Waals surface area contributed by atoms with Crippen molar-refractivity contribution < 1.29 is 26.3 Å². The first-order valence-corrected chi connectivity index (χ1v) is 19.0. The van der Waals surface area contributed by atoms with Crippen molar-refractivity contribution in [3.8, 4) is 11.5 Å². The molecule has 8 nitrogen and oxygen atoms in total. The fourth-order valence-electron chi connectivity index (χ4n) is 3.39. The van der Waals surface area contributed by atoms with Gasteiger partial charge in [0.2, 0.25) is 20.0 Å². The molecule has 226 valence electrons. The first kappa shape index (κ1) is 34.8. The van der Waals surface area contributed by atoms with E-state index in [2.05, 4.69) is 13.8 Å². The molecule has 0 spiro atoms. The lowest BCUT2D eigenvalue weighted by Crippen LogP contribution is -2.37. The van der Waals surface area contributed by atoms with Crippen LogP contribution in [-0.2, 0) is 20.0 Å². The number of unbranched alkanes of at least 4 members (excludes halogenated alkanes) is 2. The van der Waals surface area contributed by atoms with Crippen molar-refractivity contribution in [2.45, 2.75) is 75.3 Å². The average molecular weight is 633 g/mol. The minimum Gasteiger partial charge on any atom is -0.494 e. The molecule has 0 N–H and O–H groups in total. The summed E-state index contributed by atoms with van der Waals surface area (Å²) < 4.78 is 66.4. The van der Waals surface area contributed by atoms with E-state index in [4.69, 9.17) is 9.47 Å². The van der Waals surface area contributed by atoms with E-state index in [1.165, 1.54) is 30.2 Å². The second kappa shape index (κ2) is 16.9. The summed E-state index contributed by atoms with van der Waals surface area (Å²) in [6.07, 6.45) is 3.96. The Morgan fingerprint density at radius 2 is 0.975 bits per heavy atom. The van der Waals surface area contributed by atoms with Crippen LogP contribution >= 0.6 is 21.6 Å². The second-order valence-corrected chi connectivity index (χ2v) is 16.2. The van der Waals surface area contributed by atoms with Crippen LogP contribution in [0.15, 0.2) is 58.3 Å². The minimum atomic E-state index is -3.65. The molecule has 0 heterocycles. The zero-order chi connectivity index (χ0) is 29.8. The maximum absolute atomic E-state index is 13.1. The monoisotopic (exact) mass is 632 g/mol. The molecule has 0 amide bonds. The molecule has 0 aromatic heterocycles. The lowest BCUT2D eigenvalue weighted by Gasteiger charge is -2.25. The van der Waals surface area contributed by atoms with Gasteiger partial charge in [-0.25, -0.2) is 16.8 Å². The summed E-state index contributed by atoms with van der Waals surface area (Å²) in [6, 6.07) is 12.6. The first-order chi connectivity index (χ1) is 18.9. The summed E-state index contributed by atoms with van der Waals surface area (Å²) in [4.78, 5) is 0.451. The van der Waals surface area contributed by atoms with Crippen LogP contribution in [0.25, 0.3) is 0 Å². The Balaban J connectivity index is 1.84. The number of nitrogens with zero attached hydrogens (tertiary/aromatic N) is 2. The molecule has 0 aliphatic heterocycles. The zero-order valence-corrected chi connectivity index (χ0v) is 27.7. The fourth-order valence-corrected chi connectivity index (χ4v) is 9.10. The number of benzene rings is 2. The van der Waals surface area contributed by atoms with Gasteiger partial charge < -0.3 is 9.47 Å². The number of rotatable bonds is 19. The van der Waals surface area contributed by atoms with Gasteiger partial charge in [0.1, 0.15) is 11.5 Å². The van der Waals surface area contributed by atoms with Crippen LogP contribution in [-0.4, -0.2) is 76.3 Å². The molecule has 0 bridgehead atoms. The van der Waals surface area contributed by atoms with E-state index < -0.39 is 20.0 Å². The van der Waals surface area contributed by atoms with E-state index in [0.717, 1.165) is 25.7 Å². The lowest BCUT2D eigenvalue weighted by molar-refractivity contribution is 0.309. The number of hydrogen-bond donors (Lipinski definition) is 0. The van der Waals surface area contributed by atoms with Crippen molar-refractivity contribution in [2.24, 2.45) is 0 Å². The Hall–Kier alpha value is -1.44. The van der Waals surface area contributed by atoms with Crippen molar-refractivity contribution in [3.63, 3.8) is 0 Å². The molecule has 0 fully saturated rings. The summed E-state index contributed by atoms with van der Waals surface area (Å²) in [6.45, 7) is 9.12. The zero-order valence-electron chi connectivity index (χ0n) is 24.4. The Labute approximate surface area is 249 Å². The van der Waals surface area contributed by atoms with Gasteiger partial charge in [-0.1, -0.05) is 48.3 Å². The Bertz CT molecular complexity index is 1120. The second-order valence-electron chi connectivity index (χ2n) is 9.66. The molecular weight excluding hydrogens is 589 g/mol. The topological polar surface area (TPSA) is 93.2 Å². The number of hydrogen-bond acceptors (Lipinski definition) is 8. The van der Waals surface area contributed by atoms with E-state index in [1.54, 1.807) is 62.6 Å². The third-order valence-electron chi connectivity index (χ3n) is 6.48. The van der Waals surface area contributed by atoms with Crippen molar-refractivity contribution in [1.29, 1.82) is 0 Å². The third-order valence-corrected chi connectivity index (χ3v) is 13.2. The molecule has 40 heavy (non-hydrogen) atoms. The van der Waals surface area contributed by atoms with Crippen molar-refractivity contribution in [3.05, 3.63) is 48.5 Å². The summed E-state index contributed by atoms with van der Waals surface area (Å²) >= 11 is 0. The van der Waals surface area contributed by atoms with Crippen LogP contribution < -0.4 is 9.47 Å². The van der Waals surface area contributed by atoms with E-state index in [9.17, 15) is 16.8 Å². The Kier molecular flexibility index (Phi) is 14.7. The number of ether oxygens (including phenoxy) is 2. The molecule has 12 heteroatoms. The maximum Gasteiger partial charge on any atom is 0.243 e. The molecule has 2 aromatic carbocycles. The predicted octanol–water partition coefficient (Wildman–Crippen LogP) is 6.14. The van der Waals surface area contributed by atoms with Gasteiger partial charge in [0, 0.05) is 37.7 Å². The van der Waals surface area contributed by atoms with Crippen LogP contribution in [0, 0.1) is 0 Å². The molecule has 2 aromatic rings. The highest BCUT2D eigenvalue weighted by Crippen LogP contribution is 2.29. The molecule has 0 saturated heterocycles. The Morgan fingerprint density at radius 1 is 0.650 bits per heavy atom. The van der Waals surface area contributed by atoms with Crippen molar-refractivity contribution in [2.75, 3.05) is 38.8 Å². The summed E-state index contributed by atoms with van der Waals surface area (Å²) in [5.41, 5.74) is 0. The van der Waals surface area contributed by atoms with Crippen LogP contribution in [0.1, 0.15) is 53.4 Å². The van der Waals surface area contributed by atoms with Crippen LogP contribution in [0.4, 0.5) is 0 Å². The molecule has 2 rings (SSSR count). The normalized spacial score (nSPS) is 13.9. The summed E-state index contributed by atoms with van der Waals surface area (Å²) in [7, 11) is -1.07. The van der Waals surface area contributed by atoms with Gasteiger partial charge in [-0.15, -0.1) is 0 Å². The van der Waals surface area contributed by atoms with Gasteiger partial charge in [0.15, 0.2) is 0 Å². The maximum atomic E-state index is 13.1. The molecule has 0 aliphatic carbocycles. The van der Waals surface area contributed by atoms with Gasteiger partial charge >= 0.3 is 0 Å². The average Bonchev–Trinajstić information content (AvgIpc) is 2.95. The number of sulfonamides is 2. The minimum absolute atomic E-state index is 0.225. The fraction of sp³-hybridized carbons (Fsp3) is 0.571. The standard InChI is InChI=1S/C28H44N2O6S4/c1-7-9-19-35-25-11-15-27(16-12-25)39(31,32)29(5)23(3)21-37-38-22-24(4)30(6)40(33,34)28-17-13-26(14-18-28)36-20-10-8-2/h11-18,23-24H,7-10,19-22H2,1-6H3/t23-,24-/m1/s1. The van der Waals surface area contributed by atoms with Gasteiger partial charge in [-0.2, -0.15) is 8.61 Å². The van der Waals surface area contributed by atoms with Crippen molar-refractivity contribution >= 4 is 41.6 Å². The summed E-state index contributed by atoms with van der Waals surface area (Å²) in [5, 5.41) is 0. The molecule has 0 saturated carbocycles. The molecular formula is C28H44N2O6S4. The predicted molar refractivity (Wildman–Crippen MR) is 167 cm³/mol. The SMILES string of the molecule is CCCCOc1ccc(S(=O)(=O)N(C)[C@H](C)CSSC[C@@H](C)N(C)S(=O)(=O)c2ccc(OCCCC)cc2)cc1. The quantitative estimate of drug-likeness (QED) is 0.135. The van der Waals surface area contributed by atoms with E-state index >= 15 is 0 Å². The van der Waals surface area contributed by atoms with E-state index in [-0.39, 0.29) is 21.9 Å². The molecule has 0 unspecified atom stereocenters. The highest BCUT2D eigenvalue weighted by molar-refractivity contribution is 8.76. The lowest BCUT2D eigenvalue weighted by atomic mass is 10.3. The van der Waals surface area contributed by atoms with Gasteiger partial charge in [-0.3, -0.25) is 0 Å². The first-order valence-electron chi connectivity index (χ1n) is 13.6. The van der Waals surface area contributed by atoms with Crippen LogP contribution in [0.3, 0.4) is 0 Å². The van der Waals surface area contributed by atoms with Crippen LogP contribution in [0.2, 0.25) is 0 Å². The van der Waals surface area contributed by atoms with Crippen molar-refractivity contribution in [1.82, 2.24) is 8.61 Å². The molecule has 0 aliphatic rings. The Morgan fingerprint density at radius 3 is 1.27 bits per heavy atom. The molecule has 2 atom stereocenters. The van der Waals surface area contributed by atoms with E-state index in [1.807, 2.05) is 13.8 Å². The third kappa shape index (κ3) is 10.1. The van der Waals surface area contributed by atoms with Crippen LogP contribution in [0.5, 0.6) is 11.5 Å². The van der Waals surface area contributed by atoms with Gasteiger partial charge in [0.25, 0.3) is 0 Å². The highest BCUT2D eigenvalue weighted by Gasteiger charge is 2.27. The highest BCUT2D eigenvalue weighted by atomic mass is 33.1. The smallest absolute Gasteiger partial charge is 0.243 e. The summed E-state index contributed by atoms with van der Waals surface area (Å²) in [5.74, 6) is 2.43. The van der Waals surface area contributed by atoms with E-state index in [0.29, 0.717) is 36.2 Å². The van der Waals surface area contributed by atoms with Gasteiger partial charge in [0.05, 0.1) is 23.0 Å².